The molecule has 0 fully saturated rings. The van der Waals surface area contributed by atoms with E-state index in [9.17, 15) is 9.59 Å². The van der Waals surface area contributed by atoms with Crippen LogP contribution in [0.1, 0.15) is 44.0 Å². The van der Waals surface area contributed by atoms with Crippen LogP contribution in [0.4, 0.5) is 0 Å². The van der Waals surface area contributed by atoms with Crippen molar-refractivity contribution in [1.29, 1.82) is 0 Å². The van der Waals surface area contributed by atoms with Crippen LogP contribution < -0.4 is 0 Å². The molecule has 0 bridgehead atoms. The molecule has 1 unspecified atom stereocenters. The quantitative estimate of drug-likeness (QED) is 0.455. The van der Waals surface area contributed by atoms with Crippen molar-refractivity contribution in [2.75, 3.05) is 39.8 Å². The van der Waals surface area contributed by atoms with Crippen molar-refractivity contribution in [3.8, 4) is 0 Å². The van der Waals surface area contributed by atoms with Crippen LogP contribution in [0.2, 0.25) is 0 Å². The Morgan fingerprint density at radius 2 is 1.64 bits per heavy atom. The number of ether oxygens (including phenoxy) is 1. The number of esters is 1. The number of amides is 1. The highest BCUT2D eigenvalue weighted by atomic mass is 16.5. The standard InChI is InChI=1S/C20H32N2O3/c1-5-21(6-2)14-10-11-15-22(16-17(3)20(24)25-4)19(23)18-12-8-7-9-13-18/h7-9,12-13,17H,5-6,10-11,14-16H2,1-4H3. The average molecular weight is 348 g/mol. The summed E-state index contributed by atoms with van der Waals surface area (Å²) >= 11 is 0. The van der Waals surface area contributed by atoms with Crippen LogP contribution in [0.25, 0.3) is 0 Å². The smallest absolute Gasteiger partial charge is 0.310 e. The zero-order valence-electron chi connectivity index (χ0n) is 16.0. The molecule has 0 aliphatic rings. The Kier molecular flexibility index (Phi) is 9.85. The summed E-state index contributed by atoms with van der Waals surface area (Å²) in [4.78, 5) is 28.7. The Morgan fingerprint density at radius 3 is 2.20 bits per heavy atom. The molecule has 25 heavy (non-hydrogen) atoms. The lowest BCUT2D eigenvalue weighted by molar-refractivity contribution is -0.145. The summed E-state index contributed by atoms with van der Waals surface area (Å²) in [6, 6.07) is 9.23. The van der Waals surface area contributed by atoms with Crippen molar-refractivity contribution >= 4 is 11.9 Å². The van der Waals surface area contributed by atoms with Gasteiger partial charge in [0.1, 0.15) is 0 Å². The SMILES string of the molecule is CCN(CC)CCCCN(CC(C)C(=O)OC)C(=O)c1ccccc1. The van der Waals surface area contributed by atoms with E-state index in [2.05, 4.69) is 18.7 Å². The predicted molar refractivity (Wildman–Crippen MR) is 101 cm³/mol. The largest absolute Gasteiger partial charge is 0.469 e. The summed E-state index contributed by atoms with van der Waals surface area (Å²) in [6.45, 7) is 10.3. The van der Waals surface area contributed by atoms with Gasteiger partial charge in [0.15, 0.2) is 0 Å². The molecule has 0 N–H and O–H groups in total. The number of carbonyl (C=O) groups is 2. The van der Waals surface area contributed by atoms with Gasteiger partial charge in [0, 0.05) is 18.7 Å². The van der Waals surface area contributed by atoms with Gasteiger partial charge in [0.05, 0.1) is 13.0 Å². The molecule has 0 aliphatic carbocycles. The number of benzene rings is 1. The maximum Gasteiger partial charge on any atom is 0.310 e. The van der Waals surface area contributed by atoms with E-state index in [0.717, 1.165) is 32.5 Å². The van der Waals surface area contributed by atoms with E-state index in [1.54, 1.807) is 11.8 Å². The number of methoxy groups -OCH3 is 1. The molecule has 1 aromatic carbocycles. The molecule has 0 spiro atoms. The van der Waals surface area contributed by atoms with E-state index in [-0.39, 0.29) is 17.8 Å². The topological polar surface area (TPSA) is 49.9 Å². The third-order valence-electron chi connectivity index (χ3n) is 4.45. The molecule has 0 aliphatic heterocycles. The molecular weight excluding hydrogens is 316 g/mol. The molecule has 5 nitrogen and oxygen atoms in total. The number of hydrogen-bond donors (Lipinski definition) is 0. The second kappa shape index (κ2) is 11.6. The Labute approximate surface area is 151 Å². The first kappa shape index (κ1) is 21.2. The highest BCUT2D eigenvalue weighted by Gasteiger charge is 2.22. The molecule has 0 saturated carbocycles. The lowest BCUT2D eigenvalue weighted by atomic mass is 10.1. The second-order valence-corrected chi connectivity index (χ2v) is 6.28. The summed E-state index contributed by atoms with van der Waals surface area (Å²) < 4.78 is 4.80. The molecule has 5 heteroatoms. The first-order chi connectivity index (χ1) is 12.0. The monoisotopic (exact) mass is 348 g/mol. The van der Waals surface area contributed by atoms with Crippen LogP contribution in [0.15, 0.2) is 30.3 Å². The molecule has 0 saturated heterocycles. The van der Waals surface area contributed by atoms with E-state index < -0.39 is 0 Å². The van der Waals surface area contributed by atoms with Crippen LogP contribution in [-0.2, 0) is 9.53 Å². The molecule has 1 rings (SSSR count). The third-order valence-corrected chi connectivity index (χ3v) is 4.45. The van der Waals surface area contributed by atoms with Crippen LogP contribution in [0, 0.1) is 5.92 Å². The van der Waals surface area contributed by atoms with E-state index in [0.29, 0.717) is 18.7 Å². The summed E-state index contributed by atoms with van der Waals surface area (Å²) in [6.07, 6.45) is 1.95. The number of hydrogen-bond acceptors (Lipinski definition) is 4. The second-order valence-electron chi connectivity index (χ2n) is 6.28. The van der Waals surface area contributed by atoms with Gasteiger partial charge >= 0.3 is 5.97 Å². The van der Waals surface area contributed by atoms with Gasteiger partial charge in [-0.2, -0.15) is 0 Å². The van der Waals surface area contributed by atoms with Crippen molar-refractivity contribution in [2.24, 2.45) is 5.92 Å². The van der Waals surface area contributed by atoms with E-state index in [4.69, 9.17) is 4.74 Å². The lowest BCUT2D eigenvalue weighted by Crippen LogP contribution is -2.38. The highest BCUT2D eigenvalue weighted by Crippen LogP contribution is 2.11. The van der Waals surface area contributed by atoms with E-state index in [1.807, 2.05) is 30.3 Å². The fraction of sp³-hybridized carbons (Fsp3) is 0.600. The first-order valence-corrected chi connectivity index (χ1v) is 9.17. The normalized spacial score (nSPS) is 12.0. The number of rotatable bonds is 11. The Morgan fingerprint density at radius 1 is 1.04 bits per heavy atom. The van der Waals surface area contributed by atoms with Crippen molar-refractivity contribution in [1.82, 2.24) is 9.80 Å². The van der Waals surface area contributed by atoms with Gasteiger partial charge in [-0.25, -0.2) is 0 Å². The minimum absolute atomic E-state index is 0.0285. The predicted octanol–water partition coefficient (Wildman–Crippen LogP) is 3.06. The zero-order valence-corrected chi connectivity index (χ0v) is 16.0. The first-order valence-electron chi connectivity index (χ1n) is 9.17. The minimum atomic E-state index is -0.333. The molecule has 1 amide bonds. The maximum absolute atomic E-state index is 12.8. The van der Waals surface area contributed by atoms with Gasteiger partial charge in [0.25, 0.3) is 5.91 Å². The molecule has 0 radical (unpaired) electrons. The van der Waals surface area contributed by atoms with Crippen LogP contribution >= 0.6 is 0 Å². The molecule has 140 valence electrons. The molecular formula is C20H32N2O3. The Balaban J connectivity index is 2.67. The Hall–Kier alpha value is -1.88. The molecule has 1 aromatic rings. The van der Waals surface area contributed by atoms with Crippen LogP contribution in [0.3, 0.4) is 0 Å². The van der Waals surface area contributed by atoms with Crippen molar-refractivity contribution in [3.05, 3.63) is 35.9 Å². The van der Waals surface area contributed by atoms with Gasteiger partial charge in [-0.15, -0.1) is 0 Å². The van der Waals surface area contributed by atoms with Crippen LogP contribution in [-0.4, -0.2) is 61.5 Å². The van der Waals surface area contributed by atoms with Crippen molar-refractivity contribution in [3.63, 3.8) is 0 Å². The molecule has 1 atom stereocenters. The fourth-order valence-corrected chi connectivity index (χ4v) is 2.82. The fourth-order valence-electron chi connectivity index (χ4n) is 2.82. The van der Waals surface area contributed by atoms with E-state index in [1.165, 1.54) is 7.11 Å². The van der Waals surface area contributed by atoms with Gasteiger partial charge in [0.2, 0.25) is 0 Å². The van der Waals surface area contributed by atoms with Gasteiger partial charge in [-0.3, -0.25) is 9.59 Å². The van der Waals surface area contributed by atoms with Gasteiger partial charge in [-0.1, -0.05) is 39.0 Å². The van der Waals surface area contributed by atoms with Gasteiger partial charge in [-0.05, 0) is 44.6 Å². The highest BCUT2D eigenvalue weighted by molar-refractivity contribution is 5.94. The van der Waals surface area contributed by atoms with Crippen molar-refractivity contribution < 1.29 is 14.3 Å². The van der Waals surface area contributed by atoms with Crippen LogP contribution in [0.5, 0.6) is 0 Å². The summed E-state index contributed by atoms with van der Waals surface area (Å²) in [5.41, 5.74) is 0.656. The van der Waals surface area contributed by atoms with E-state index >= 15 is 0 Å². The maximum atomic E-state index is 12.8. The summed E-state index contributed by atoms with van der Waals surface area (Å²) in [5.74, 6) is -0.645. The molecule has 0 aromatic heterocycles. The number of unbranched alkanes of at least 4 members (excludes halogenated alkanes) is 1. The average Bonchev–Trinajstić information content (AvgIpc) is 2.66. The summed E-state index contributed by atoms with van der Waals surface area (Å²) in [7, 11) is 1.38. The Bertz CT molecular complexity index is 515. The lowest BCUT2D eigenvalue weighted by Gasteiger charge is -2.26. The minimum Gasteiger partial charge on any atom is -0.469 e. The van der Waals surface area contributed by atoms with Crippen molar-refractivity contribution in [2.45, 2.75) is 33.6 Å². The zero-order chi connectivity index (χ0) is 18.7. The molecule has 0 heterocycles. The summed E-state index contributed by atoms with van der Waals surface area (Å²) in [5, 5.41) is 0. The van der Waals surface area contributed by atoms with Gasteiger partial charge < -0.3 is 14.5 Å². The third kappa shape index (κ3) is 7.26. The number of carbonyl (C=O) groups excluding carboxylic acids is 2. The number of nitrogens with zero attached hydrogens (tertiary/aromatic N) is 2.